The maximum absolute atomic E-state index is 12.6. The van der Waals surface area contributed by atoms with Crippen molar-refractivity contribution in [2.24, 2.45) is 0 Å². The molecule has 1 aliphatic heterocycles. The fourth-order valence-corrected chi connectivity index (χ4v) is 3.62. The van der Waals surface area contributed by atoms with E-state index in [-0.39, 0.29) is 16.8 Å². The van der Waals surface area contributed by atoms with E-state index in [0.717, 1.165) is 16.7 Å². The largest absolute Gasteiger partial charge is 0.497 e. The van der Waals surface area contributed by atoms with Crippen molar-refractivity contribution >= 4 is 40.9 Å². The summed E-state index contributed by atoms with van der Waals surface area (Å²) in [6.45, 7) is 2.92. The van der Waals surface area contributed by atoms with Gasteiger partial charge in [-0.25, -0.2) is 4.79 Å². The Balaban J connectivity index is 1.70. The third-order valence-electron chi connectivity index (χ3n) is 4.22. The number of methoxy groups -OCH3 is 1. The van der Waals surface area contributed by atoms with E-state index < -0.39 is 29.6 Å². The lowest BCUT2D eigenvalue weighted by Gasteiger charge is -2.13. The SMILES string of the molecule is COc1ccc(C(=O)Oc2cccc(/C=C3\SC(=O)N(CC(=O)OC(C)C)C3=O)c2)cc1. The second kappa shape index (κ2) is 10.1. The molecule has 0 aliphatic carbocycles. The van der Waals surface area contributed by atoms with Crippen LogP contribution in [0.1, 0.15) is 29.8 Å². The number of nitrogens with zero attached hydrogens (tertiary/aromatic N) is 1. The molecule has 0 bridgehead atoms. The van der Waals surface area contributed by atoms with Crippen LogP contribution in [0.4, 0.5) is 4.79 Å². The quantitative estimate of drug-likeness (QED) is 0.352. The molecule has 3 rings (SSSR count). The molecule has 9 heteroatoms. The lowest BCUT2D eigenvalue weighted by Crippen LogP contribution is -2.35. The first-order valence-corrected chi connectivity index (χ1v) is 10.5. The summed E-state index contributed by atoms with van der Waals surface area (Å²) in [5.41, 5.74) is 0.908. The summed E-state index contributed by atoms with van der Waals surface area (Å²) in [6, 6.07) is 13.0. The molecule has 0 radical (unpaired) electrons. The number of rotatable bonds is 7. The van der Waals surface area contributed by atoms with Gasteiger partial charge in [0, 0.05) is 0 Å². The number of hydrogen-bond acceptors (Lipinski definition) is 8. The number of benzene rings is 2. The zero-order valence-electron chi connectivity index (χ0n) is 17.7. The molecular formula is C23H21NO7S. The van der Waals surface area contributed by atoms with Crippen LogP contribution in [0, 0.1) is 0 Å². The summed E-state index contributed by atoms with van der Waals surface area (Å²) < 4.78 is 15.5. The highest BCUT2D eigenvalue weighted by Gasteiger charge is 2.36. The molecule has 0 unspecified atom stereocenters. The Morgan fingerprint density at radius 2 is 1.78 bits per heavy atom. The Morgan fingerprint density at radius 3 is 2.44 bits per heavy atom. The number of esters is 2. The summed E-state index contributed by atoms with van der Waals surface area (Å²) in [5, 5.41) is -0.552. The molecule has 2 amide bonds. The minimum absolute atomic E-state index is 0.158. The van der Waals surface area contributed by atoms with Gasteiger partial charge >= 0.3 is 11.9 Å². The molecule has 0 aromatic heterocycles. The van der Waals surface area contributed by atoms with Crippen LogP contribution in [0.5, 0.6) is 11.5 Å². The van der Waals surface area contributed by atoms with Gasteiger partial charge in [-0.2, -0.15) is 0 Å². The van der Waals surface area contributed by atoms with Crippen molar-refractivity contribution in [3.05, 3.63) is 64.6 Å². The molecule has 0 atom stereocenters. The molecule has 32 heavy (non-hydrogen) atoms. The van der Waals surface area contributed by atoms with Crippen LogP contribution in [0.25, 0.3) is 6.08 Å². The highest BCUT2D eigenvalue weighted by atomic mass is 32.2. The van der Waals surface area contributed by atoms with E-state index in [1.807, 2.05) is 0 Å². The van der Waals surface area contributed by atoms with Crippen LogP contribution in [0.2, 0.25) is 0 Å². The van der Waals surface area contributed by atoms with Gasteiger partial charge in [-0.05, 0) is 73.6 Å². The Kier molecular flexibility index (Phi) is 7.32. The maximum atomic E-state index is 12.6. The van der Waals surface area contributed by atoms with Gasteiger partial charge in [0.25, 0.3) is 11.1 Å². The van der Waals surface area contributed by atoms with Crippen molar-refractivity contribution in [2.75, 3.05) is 13.7 Å². The van der Waals surface area contributed by atoms with Crippen LogP contribution in [0.3, 0.4) is 0 Å². The van der Waals surface area contributed by atoms with Crippen LogP contribution >= 0.6 is 11.8 Å². The summed E-state index contributed by atoms with van der Waals surface area (Å²) in [7, 11) is 1.53. The Morgan fingerprint density at radius 1 is 1.06 bits per heavy atom. The lowest BCUT2D eigenvalue weighted by molar-refractivity contribution is -0.149. The number of amides is 2. The third kappa shape index (κ3) is 5.76. The first kappa shape index (κ1) is 23.1. The van der Waals surface area contributed by atoms with E-state index in [1.165, 1.54) is 13.2 Å². The molecular weight excluding hydrogens is 434 g/mol. The summed E-state index contributed by atoms with van der Waals surface area (Å²) in [5.74, 6) is -0.889. The van der Waals surface area contributed by atoms with Crippen molar-refractivity contribution in [3.63, 3.8) is 0 Å². The minimum Gasteiger partial charge on any atom is -0.497 e. The van der Waals surface area contributed by atoms with Crippen molar-refractivity contribution in [1.29, 1.82) is 0 Å². The first-order chi connectivity index (χ1) is 15.3. The van der Waals surface area contributed by atoms with E-state index in [4.69, 9.17) is 14.2 Å². The van der Waals surface area contributed by atoms with Gasteiger partial charge in [0.05, 0.1) is 23.7 Å². The highest BCUT2D eigenvalue weighted by molar-refractivity contribution is 8.18. The second-order valence-corrected chi connectivity index (χ2v) is 7.99. The van der Waals surface area contributed by atoms with E-state index in [2.05, 4.69) is 0 Å². The average molecular weight is 455 g/mol. The summed E-state index contributed by atoms with van der Waals surface area (Å²) in [4.78, 5) is 49.9. The van der Waals surface area contributed by atoms with Crippen LogP contribution in [-0.2, 0) is 14.3 Å². The van der Waals surface area contributed by atoms with Gasteiger partial charge in [0.15, 0.2) is 0 Å². The second-order valence-electron chi connectivity index (χ2n) is 7.00. The number of imide groups is 1. The van der Waals surface area contributed by atoms with Gasteiger partial charge in [-0.15, -0.1) is 0 Å². The smallest absolute Gasteiger partial charge is 0.343 e. The number of ether oxygens (including phenoxy) is 3. The number of carbonyl (C=O) groups excluding carboxylic acids is 4. The first-order valence-electron chi connectivity index (χ1n) is 9.68. The predicted molar refractivity (Wildman–Crippen MR) is 118 cm³/mol. The molecule has 1 fully saturated rings. The molecule has 0 N–H and O–H groups in total. The number of thioether (sulfide) groups is 1. The fourth-order valence-electron chi connectivity index (χ4n) is 2.78. The van der Waals surface area contributed by atoms with Crippen molar-refractivity contribution in [2.45, 2.75) is 20.0 Å². The van der Waals surface area contributed by atoms with Crippen LogP contribution in [0.15, 0.2) is 53.4 Å². The van der Waals surface area contributed by atoms with E-state index >= 15 is 0 Å². The van der Waals surface area contributed by atoms with Gasteiger partial charge in [0.2, 0.25) is 0 Å². The molecule has 8 nitrogen and oxygen atoms in total. The minimum atomic E-state index is -0.656. The van der Waals surface area contributed by atoms with Gasteiger partial charge < -0.3 is 14.2 Å². The van der Waals surface area contributed by atoms with Crippen molar-refractivity contribution < 1.29 is 33.4 Å². The topological polar surface area (TPSA) is 99.2 Å². The molecule has 1 heterocycles. The molecule has 1 saturated heterocycles. The third-order valence-corrected chi connectivity index (χ3v) is 5.13. The Bertz CT molecular complexity index is 1080. The molecule has 2 aromatic rings. The lowest BCUT2D eigenvalue weighted by atomic mass is 10.2. The van der Waals surface area contributed by atoms with Crippen molar-refractivity contribution in [3.8, 4) is 11.5 Å². The van der Waals surface area contributed by atoms with Crippen LogP contribution in [-0.4, -0.2) is 47.7 Å². The highest BCUT2D eigenvalue weighted by Crippen LogP contribution is 2.32. The average Bonchev–Trinajstić information content (AvgIpc) is 3.00. The van der Waals surface area contributed by atoms with Crippen LogP contribution < -0.4 is 9.47 Å². The van der Waals surface area contributed by atoms with Crippen molar-refractivity contribution in [1.82, 2.24) is 4.90 Å². The Labute approximate surface area is 189 Å². The summed E-state index contributed by atoms with van der Waals surface area (Å²) in [6.07, 6.45) is 1.16. The van der Waals surface area contributed by atoms with E-state index in [9.17, 15) is 19.2 Å². The fraction of sp³-hybridized carbons (Fsp3) is 0.217. The molecule has 1 aliphatic rings. The number of carbonyl (C=O) groups is 4. The molecule has 2 aromatic carbocycles. The molecule has 0 spiro atoms. The zero-order chi connectivity index (χ0) is 23.3. The molecule has 166 valence electrons. The monoisotopic (exact) mass is 455 g/mol. The predicted octanol–water partition coefficient (Wildman–Crippen LogP) is 3.90. The van der Waals surface area contributed by atoms with Gasteiger partial charge in [-0.3, -0.25) is 19.3 Å². The zero-order valence-corrected chi connectivity index (χ0v) is 18.5. The number of hydrogen-bond donors (Lipinski definition) is 0. The Hall–Kier alpha value is -3.59. The van der Waals surface area contributed by atoms with E-state index in [0.29, 0.717) is 16.9 Å². The van der Waals surface area contributed by atoms with Gasteiger partial charge in [-0.1, -0.05) is 12.1 Å². The normalized spacial score (nSPS) is 14.8. The maximum Gasteiger partial charge on any atom is 0.343 e. The van der Waals surface area contributed by atoms with E-state index in [1.54, 1.807) is 62.4 Å². The standard InChI is InChI=1S/C23H21NO7S/c1-14(2)30-20(25)13-24-21(26)19(32-23(24)28)12-15-5-4-6-18(11-15)31-22(27)16-7-9-17(29-3)10-8-16/h4-12,14H,13H2,1-3H3/b19-12-. The molecule has 0 saturated carbocycles. The van der Waals surface area contributed by atoms with Gasteiger partial charge in [0.1, 0.15) is 18.0 Å². The summed E-state index contributed by atoms with van der Waals surface area (Å²) >= 11 is 0.729.